The molecule has 1 atom stereocenters. The monoisotopic (exact) mass is 221 g/mol. The summed E-state index contributed by atoms with van der Waals surface area (Å²) in [5, 5.41) is 2.59. The molecule has 0 fully saturated rings. The van der Waals surface area contributed by atoms with E-state index in [9.17, 15) is 9.59 Å². The smallest absolute Gasteiger partial charge is 0.223 e. The zero-order chi connectivity index (χ0) is 11.9. The number of fused-ring (bicyclic) bond motifs is 1. The number of nitrogens with zero attached hydrogens (tertiary/aromatic N) is 2. The van der Waals surface area contributed by atoms with Crippen molar-refractivity contribution in [1.82, 2.24) is 14.9 Å². The number of Topliss-reactive ketones (excluding diaryl/α,β-unsaturated/α-hetero) is 1. The van der Waals surface area contributed by atoms with Gasteiger partial charge in [-0.25, -0.2) is 4.98 Å². The van der Waals surface area contributed by atoms with Gasteiger partial charge in [-0.2, -0.15) is 0 Å². The number of carbonyl (C=O) groups is 2. The van der Waals surface area contributed by atoms with Crippen LogP contribution < -0.4 is 5.32 Å². The fourth-order valence-electron chi connectivity index (χ4n) is 2.13. The van der Waals surface area contributed by atoms with Crippen molar-refractivity contribution in [2.75, 3.05) is 7.05 Å². The van der Waals surface area contributed by atoms with Gasteiger partial charge in [-0.15, -0.1) is 0 Å². The van der Waals surface area contributed by atoms with Crippen LogP contribution in [0.2, 0.25) is 0 Å². The lowest BCUT2D eigenvalue weighted by Gasteiger charge is -2.20. The van der Waals surface area contributed by atoms with Crippen LogP contribution in [0.1, 0.15) is 28.4 Å². The van der Waals surface area contributed by atoms with Gasteiger partial charge in [0, 0.05) is 32.6 Å². The van der Waals surface area contributed by atoms with E-state index in [0.29, 0.717) is 12.1 Å². The molecule has 0 saturated carbocycles. The third kappa shape index (κ3) is 1.52. The molecule has 1 aromatic rings. The molecule has 16 heavy (non-hydrogen) atoms. The van der Waals surface area contributed by atoms with Crippen LogP contribution in [-0.4, -0.2) is 28.3 Å². The molecule has 1 aliphatic carbocycles. The fraction of sp³-hybridized carbons (Fsp3) is 0.545. The van der Waals surface area contributed by atoms with E-state index >= 15 is 0 Å². The number of carbonyl (C=O) groups excluding carboxylic acids is 2. The van der Waals surface area contributed by atoms with Gasteiger partial charge in [0.05, 0.1) is 5.92 Å². The van der Waals surface area contributed by atoms with Gasteiger partial charge in [-0.05, 0) is 6.92 Å². The number of rotatable bonds is 1. The second kappa shape index (κ2) is 3.73. The Morgan fingerprint density at radius 2 is 2.19 bits per heavy atom. The summed E-state index contributed by atoms with van der Waals surface area (Å²) in [4.78, 5) is 27.6. The normalized spacial score (nSPS) is 19.4. The Labute approximate surface area is 93.9 Å². The largest absolute Gasteiger partial charge is 0.359 e. The molecule has 0 bridgehead atoms. The molecule has 0 spiro atoms. The summed E-state index contributed by atoms with van der Waals surface area (Å²) >= 11 is 0. The third-order valence-electron chi connectivity index (χ3n) is 3.19. The van der Waals surface area contributed by atoms with Crippen molar-refractivity contribution in [3.05, 3.63) is 17.2 Å². The molecule has 1 amide bonds. The molecule has 0 saturated heterocycles. The highest BCUT2D eigenvalue weighted by Crippen LogP contribution is 2.25. The van der Waals surface area contributed by atoms with Crippen molar-refractivity contribution < 1.29 is 9.59 Å². The molecule has 5 nitrogen and oxygen atoms in total. The molecule has 1 aliphatic rings. The number of aryl methyl sites for hydroxylation is 1. The van der Waals surface area contributed by atoms with E-state index < -0.39 is 0 Å². The molecule has 2 rings (SSSR count). The first kappa shape index (κ1) is 10.9. The van der Waals surface area contributed by atoms with Crippen molar-refractivity contribution >= 4 is 11.7 Å². The molecule has 1 aromatic heterocycles. The first-order valence-corrected chi connectivity index (χ1v) is 5.31. The lowest BCUT2D eigenvalue weighted by Crippen LogP contribution is -2.34. The Balaban J connectivity index is 2.38. The molecule has 0 aliphatic heterocycles. The van der Waals surface area contributed by atoms with Crippen LogP contribution in [0.25, 0.3) is 0 Å². The van der Waals surface area contributed by atoms with Crippen LogP contribution in [0, 0.1) is 12.8 Å². The first-order chi connectivity index (χ1) is 7.54. The van der Waals surface area contributed by atoms with Crippen LogP contribution in [-0.2, 0) is 18.3 Å². The predicted molar refractivity (Wildman–Crippen MR) is 58.2 cm³/mol. The highest BCUT2D eigenvalue weighted by atomic mass is 16.2. The summed E-state index contributed by atoms with van der Waals surface area (Å²) in [5.74, 6) is 0.465. The highest BCUT2D eigenvalue weighted by Gasteiger charge is 2.32. The van der Waals surface area contributed by atoms with Gasteiger partial charge in [-0.3, -0.25) is 9.59 Å². The Morgan fingerprint density at radius 3 is 2.81 bits per heavy atom. The van der Waals surface area contributed by atoms with Gasteiger partial charge in [0.2, 0.25) is 5.91 Å². The van der Waals surface area contributed by atoms with Crippen molar-refractivity contribution in [1.29, 1.82) is 0 Å². The maximum atomic E-state index is 11.8. The Kier molecular flexibility index (Phi) is 2.53. The first-order valence-electron chi connectivity index (χ1n) is 5.31. The summed E-state index contributed by atoms with van der Waals surface area (Å²) in [6.07, 6.45) is 0.862. The van der Waals surface area contributed by atoms with Gasteiger partial charge in [0.15, 0.2) is 5.78 Å². The third-order valence-corrected chi connectivity index (χ3v) is 3.19. The summed E-state index contributed by atoms with van der Waals surface area (Å²) in [6.45, 7) is 1.86. The summed E-state index contributed by atoms with van der Waals surface area (Å²) < 4.78 is 1.89. The van der Waals surface area contributed by atoms with E-state index in [2.05, 4.69) is 10.3 Å². The predicted octanol–water partition coefficient (Wildman–Crippen LogP) is 0.220. The Hall–Kier alpha value is -1.65. The second-order valence-corrected chi connectivity index (χ2v) is 4.16. The zero-order valence-electron chi connectivity index (χ0n) is 9.70. The Morgan fingerprint density at radius 1 is 1.50 bits per heavy atom. The van der Waals surface area contributed by atoms with E-state index in [-0.39, 0.29) is 24.0 Å². The van der Waals surface area contributed by atoms with Gasteiger partial charge in [0.1, 0.15) is 11.5 Å². The molecule has 1 N–H and O–H groups in total. The molecule has 5 heteroatoms. The quantitative estimate of drug-likeness (QED) is 0.737. The Bertz CT molecular complexity index is 462. The number of imidazole rings is 1. The number of aromatic nitrogens is 2. The van der Waals surface area contributed by atoms with Crippen molar-refractivity contribution in [2.24, 2.45) is 13.0 Å². The van der Waals surface area contributed by atoms with Gasteiger partial charge in [0.25, 0.3) is 0 Å². The van der Waals surface area contributed by atoms with Crippen LogP contribution >= 0.6 is 0 Å². The number of ketones is 1. The molecular formula is C11H15N3O2. The number of hydrogen-bond acceptors (Lipinski definition) is 3. The second-order valence-electron chi connectivity index (χ2n) is 4.16. The fourth-order valence-corrected chi connectivity index (χ4v) is 2.13. The minimum Gasteiger partial charge on any atom is -0.359 e. The van der Waals surface area contributed by atoms with Gasteiger partial charge >= 0.3 is 0 Å². The van der Waals surface area contributed by atoms with E-state index in [1.165, 1.54) is 0 Å². The van der Waals surface area contributed by atoms with Crippen molar-refractivity contribution in [3.63, 3.8) is 0 Å². The molecule has 1 unspecified atom stereocenters. The molecule has 0 aromatic carbocycles. The maximum absolute atomic E-state index is 11.8. The summed E-state index contributed by atoms with van der Waals surface area (Å²) in [5.41, 5.74) is 1.42. The van der Waals surface area contributed by atoms with Gasteiger partial charge in [-0.1, -0.05) is 0 Å². The van der Waals surface area contributed by atoms with Crippen LogP contribution in [0.4, 0.5) is 0 Å². The van der Waals surface area contributed by atoms with Gasteiger partial charge < -0.3 is 9.88 Å². The minimum atomic E-state index is -0.250. The molecule has 0 radical (unpaired) electrons. The maximum Gasteiger partial charge on any atom is 0.223 e. The van der Waals surface area contributed by atoms with E-state index in [0.717, 1.165) is 11.5 Å². The van der Waals surface area contributed by atoms with E-state index in [1.807, 2.05) is 18.5 Å². The lowest BCUT2D eigenvalue weighted by atomic mass is 9.88. The van der Waals surface area contributed by atoms with Crippen molar-refractivity contribution in [3.8, 4) is 0 Å². The molecule has 1 heterocycles. The molecular weight excluding hydrogens is 206 g/mol. The average Bonchev–Trinajstić information content (AvgIpc) is 2.56. The minimum absolute atomic E-state index is 0.0291. The SMILES string of the molecule is CNC(=O)C1CC(=O)c2nc(C)n(C)c2C1. The zero-order valence-corrected chi connectivity index (χ0v) is 9.70. The molecule has 86 valence electrons. The number of nitrogens with one attached hydrogen (secondary N) is 1. The van der Waals surface area contributed by atoms with Crippen molar-refractivity contribution in [2.45, 2.75) is 19.8 Å². The summed E-state index contributed by atoms with van der Waals surface area (Å²) in [7, 11) is 3.47. The van der Waals surface area contributed by atoms with Crippen LogP contribution in [0.3, 0.4) is 0 Å². The highest BCUT2D eigenvalue weighted by molar-refractivity contribution is 5.99. The lowest BCUT2D eigenvalue weighted by molar-refractivity contribution is -0.124. The average molecular weight is 221 g/mol. The van der Waals surface area contributed by atoms with E-state index in [4.69, 9.17) is 0 Å². The van der Waals surface area contributed by atoms with E-state index in [1.54, 1.807) is 7.05 Å². The number of hydrogen-bond donors (Lipinski definition) is 1. The van der Waals surface area contributed by atoms with Crippen LogP contribution in [0.15, 0.2) is 0 Å². The number of amides is 1. The standard InChI is InChI=1S/C11H15N3O2/c1-6-13-10-8(14(6)3)4-7(5-9(10)15)11(16)12-2/h7H,4-5H2,1-3H3,(H,12,16). The van der Waals surface area contributed by atoms with Crippen LogP contribution in [0.5, 0.6) is 0 Å². The topological polar surface area (TPSA) is 64.0 Å². The summed E-state index contributed by atoms with van der Waals surface area (Å²) in [6, 6.07) is 0.